The van der Waals surface area contributed by atoms with Crippen molar-refractivity contribution < 1.29 is 22.7 Å². The van der Waals surface area contributed by atoms with Gasteiger partial charge in [0.05, 0.1) is 11.0 Å². The number of sulfonamides is 1. The van der Waals surface area contributed by atoms with E-state index in [1.54, 1.807) is 24.3 Å². The summed E-state index contributed by atoms with van der Waals surface area (Å²) in [6.45, 7) is 16.4. The minimum atomic E-state index is -4.08. The van der Waals surface area contributed by atoms with Gasteiger partial charge in [0, 0.05) is 5.92 Å². The van der Waals surface area contributed by atoms with Crippen molar-refractivity contribution in [2.24, 2.45) is 5.92 Å². The number of amides is 1. The van der Waals surface area contributed by atoms with Crippen LogP contribution in [0.1, 0.15) is 65.7 Å². The molecule has 2 rings (SSSR count). The van der Waals surface area contributed by atoms with Crippen molar-refractivity contribution in [3.05, 3.63) is 77.9 Å². The van der Waals surface area contributed by atoms with Crippen LogP contribution in [-0.2, 0) is 19.2 Å². The molecule has 1 amide bonds. The van der Waals surface area contributed by atoms with Gasteiger partial charge in [0.1, 0.15) is 6.10 Å². The lowest BCUT2D eigenvalue weighted by atomic mass is 9.96. The SMILES string of the molecule is Cc1ccc(S(=O)(=O)NC(=O)[C@@H](/C=C/[C@H](C)[C@@H](O)c2ccccc2)O[Si](C(C)C)(C(C)C)C(C)C)cc1. The van der Waals surface area contributed by atoms with Gasteiger partial charge in [0.25, 0.3) is 15.9 Å². The van der Waals surface area contributed by atoms with E-state index in [0.717, 1.165) is 11.1 Å². The minimum absolute atomic E-state index is 0.0159. The molecule has 0 fully saturated rings. The Morgan fingerprint density at radius 2 is 1.38 bits per heavy atom. The number of aliphatic hydroxyl groups is 1. The van der Waals surface area contributed by atoms with Gasteiger partial charge in [-0.3, -0.25) is 4.79 Å². The third-order valence-corrected chi connectivity index (χ3v) is 14.5. The predicted octanol–water partition coefficient (Wildman–Crippen LogP) is 6.29. The second-order valence-corrected chi connectivity index (χ2v) is 17.8. The number of benzene rings is 2. The smallest absolute Gasteiger partial charge is 0.265 e. The first-order chi connectivity index (χ1) is 17.2. The van der Waals surface area contributed by atoms with Crippen molar-refractivity contribution in [1.29, 1.82) is 0 Å². The second-order valence-electron chi connectivity index (χ2n) is 10.7. The van der Waals surface area contributed by atoms with Crippen LogP contribution in [0.2, 0.25) is 16.6 Å². The first kappa shape index (κ1) is 31.0. The second kappa shape index (κ2) is 13.0. The summed E-state index contributed by atoms with van der Waals surface area (Å²) in [4.78, 5) is 13.5. The zero-order chi connectivity index (χ0) is 28.0. The lowest BCUT2D eigenvalue weighted by molar-refractivity contribution is -0.124. The third-order valence-electron chi connectivity index (χ3n) is 7.09. The number of hydrogen-bond donors (Lipinski definition) is 2. The third kappa shape index (κ3) is 7.63. The first-order valence-electron chi connectivity index (χ1n) is 12.9. The Morgan fingerprint density at radius 3 is 1.86 bits per heavy atom. The van der Waals surface area contributed by atoms with E-state index in [2.05, 4.69) is 46.3 Å². The molecule has 8 heteroatoms. The molecule has 37 heavy (non-hydrogen) atoms. The fourth-order valence-electron chi connectivity index (χ4n) is 5.11. The highest BCUT2D eigenvalue weighted by Gasteiger charge is 2.47. The van der Waals surface area contributed by atoms with Crippen molar-refractivity contribution in [3.63, 3.8) is 0 Å². The predicted molar refractivity (Wildman–Crippen MR) is 152 cm³/mol. The summed E-state index contributed by atoms with van der Waals surface area (Å²) < 4.78 is 35.0. The quantitative estimate of drug-likeness (QED) is 0.242. The largest absolute Gasteiger partial charge is 0.401 e. The Balaban J connectivity index is 2.43. The van der Waals surface area contributed by atoms with Crippen molar-refractivity contribution in [3.8, 4) is 0 Å². The fraction of sp³-hybridized carbons (Fsp3) is 0.483. The minimum Gasteiger partial charge on any atom is -0.401 e. The molecule has 0 radical (unpaired) electrons. The van der Waals surface area contributed by atoms with Gasteiger partial charge in [-0.15, -0.1) is 0 Å². The summed E-state index contributed by atoms with van der Waals surface area (Å²) in [5, 5.41) is 10.8. The van der Waals surface area contributed by atoms with Crippen molar-refractivity contribution >= 4 is 24.2 Å². The average Bonchev–Trinajstić information content (AvgIpc) is 2.83. The van der Waals surface area contributed by atoms with E-state index in [-0.39, 0.29) is 27.4 Å². The Kier molecular flexibility index (Phi) is 10.9. The van der Waals surface area contributed by atoms with Crippen LogP contribution in [0.4, 0.5) is 0 Å². The summed E-state index contributed by atoms with van der Waals surface area (Å²) in [7, 11) is -6.63. The molecular weight excluding hydrogens is 502 g/mol. The van der Waals surface area contributed by atoms with Crippen molar-refractivity contribution in [2.75, 3.05) is 0 Å². The fourth-order valence-corrected chi connectivity index (χ4v) is 11.5. The van der Waals surface area contributed by atoms with Gasteiger partial charge in [-0.05, 0) is 41.2 Å². The maximum absolute atomic E-state index is 13.5. The van der Waals surface area contributed by atoms with E-state index >= 15 is 0 Å². The van der Waals surface area contributed by atoms with Crippen LogP contribution in [0.5, 0.6) is 0 Å². The van der Waals surface area contributed by atoms with Crippen LogP contribution >= 0.6 is 0 Å². The highest BCUT2D eigenvalue weighted by molar-refractivity contribution is 7.90. The molecule has 2 N–H and O–H groups in total. The number of rotatable bonds is 12. The standard InChI is InChI=1S/C29H43NO5SSi/c1-20(2)37(21(3)4,22(5)6)35-27(19-16-24(8)28(31)25-12-10-9-11-13-25)29(32)30-36(33,34)26-17-14-23(7)15-18-26/h9-22,24,27-28,31H,1-8H3,(H,30,32)/b19-16+/t24-,27+,28+/m0/s1. The molecule has 6 nitrogen and oxygen atoms in total. The number of carbonyl (C=O) groups is 1. The molecule has 0 aliphatic heterocycles. The molecule has 0 aliphatic rings. The highest BCUT2D eigenvalue weighted by Crippen LogP contribution is 2.43. The lowest BCUT2D eigenvalue weighted by Crippen LogP contribution is -2.53. The summed E-state index contributed by atoms with van der Waals surface area (Å²) in [6, 6.07) is 15.6. The molecule has 0 saturated carbocycles. The van der Waals surface area contributed by atoms with E-state index in [9.17, 15) is 18.3 Å². The maximum Gasteiger partial charge on any atom is 0.265 e. The van der Waals surface area contributed by atoms with Crippen LogP contribution in [0, 0.1) is 12.8 Å². The number of aryl methyl sites for hydroxylation is 1. The Labute approximate surface area is 224 Å². The summed E-state index contributed by atoms with van der Waals surface area (Å²) >= 11 is 0. The molecule has 204 valence electrons. The number of nitrogens with one attached hydrogen (secondary N) is 1. The van der Waals surface area contributed by atoms with Crippen LogP contribution in [0.3, 0.4) is 0 Å². The van der Waals surface area contributed by atoms with E-state index in [4.69, 9.17) is 4.43 Å². The maximum atomic E-state index is 13.5. The molecule has 2 aromatic carbocycles. The van der Waals surface area contributed by atoms with Gasteiger partial charge in [-0.2, -0.15) is 0 Å². The van der Waals surface area contributed by atoms with E-state index < -0.39 is 36.5 Å². The number of aliphatic hydroxyl groups excluding tert-OH is 1. The zero-order valence-corrected chi connectivity index (χ0v) is 25.1. The van der Waals surface area contributed by atoms with Crippen molar-refractivity contribution in [1.82, 2.24) is 4.72 Å². The van der Waals surface area contributed by atoms with Crippen LogP contribution < -0.4 is 4.72 Å². The number of carbonyl (C=O) groups excluding carboxylic acids is 1. The molecule has 3 atom stereocenters. The van der Waals surface area contributed by atoms with Crippen LogP contribution in [0.25, 0.3) is 0 Å². The normalized spacial score (nSPS) is 15.4. The lowest BCUT2D eigenvalue weighted by Gasteiger charge is -2.43. The first-order valence-corrected chi connectivity index (χ1v) is 16.6. The Bertz CT molecular complexity index is 1120. The molecule has 0 spiro atoms. The molecule has 0 saturated heterocycles. The summed E-state index contributed by atoms with van der Waals surface area (Å²) in [6.07, 6.45) is 1.44. The highest BCUT2D eigenvalue weighted by atomic mass is 32.2. The van der Waals surface area contributed by atoms with Gasteiger partial charge in [-0.25, -0.2) is 13.1 Å². The van der Waals surface area contributed by atoms with E-state index in [0.29, 0.717) is 0 Å². The van der Waals surface area contributed by atoms with E-state index in [1.165, 1.54) is 12.1 Å². The molecule has 0 aromatic heterocycles. The van der Waals surface area contributed by atoms with Gasteiger partial charge in [0.15, 0.2) is 0 Å². The zero-order valence-electron chi connectivity index (χ0n) is 23.3. The summed E-state index contributed by atoms with van der Waals surface area (Å²) in [5.74, 6) is -1.07. The monoisotopic (exact) mass is 545 g/mol. The van der Waals surface area contributed by atoms with E-state index in [1.807, 2.05) is 44.2 Å². The van der Waals surface area contributed by atoms with Crippen molar-refractivity contribution in [2.45, 2.75) is 89.1 Å². The van der Waals surface area contributed by atoms with Gasteiger partial charge < -0.3 is 9.53 Å². The molecule has 0 aliphatic carbocycles. The Morgan fingerprint density at radius 1 is 0.865 bits per heavy atom. The molecule has 0 heterocycles. The Hall–Kier alpha value is -2.26. The van der Waals surface area contributed by atoms with Gasteiger partial charge >= 0.3 is 0 Å². The van der Waals surface area contributed by atoms with Crippen LogP contribution in [0.15, 0.2) is 71.6 Å². The molecule has 2 aromatic rings. The van der Waals surface area contributed by atoms with Crippen LogP contribution in [-0.4, -0.2) is 33.9 Å². The molecular formula is C29H43NO5SSi. The van der Waals surface area contributed by atoms with Gasteiger partial charge in [-0.1, -0.05) is 109 Å². The average molecular weight is 546 g/mol. The topological polar surface area (TPSA) is 92.7 Å². The number of hydrogen-bond acceptors (Lipinski definition) is 5. The molecule has 0 bridgehead atoms. The summed E-state index contributed by atoms with van der Waals surface area (Å²) in [5.41, 5.74) is 2.26. The van der Waals surface area contributed by atoms with Gasteiger partial charge in [0.2, 0.25) is 8.32 Å². The molecule has 0 unspecified atom stereocenters.